The molecule has 0 N–H and O–H groups in total. The van der Waals surface area contributed by atoms with Gasteiger partial charge in [0, 0.05) is 5.02 Å². The average molecular weight is 231 g/mol. The maximum atomic E-state index is 5.81. The van der Waals surface area contributed by atoms with Gasteiger partial charge in [0.25, 0.3) is 0 Å². The molecule has 0 radical (unpaired) electrons. The van der Waals surface area contributed by atoms with Crippen LogP contribution in [0.3, 0.4) is 0 Å². The van der Waals surface area contributed by atoms with Gasteiger partial charge in [0.05, 0.1) is 11.7 Å². The minimum Gasteiger partial charge on any atom is -0.227 e. The van der Waals surface area contributed by atoms with E-state index in [1.165, 1.54) is 0 Å². The fraction of sp³-hybridized carbons (Fsp3) is 0. The Morgan fingerprint density at radius 2 is 2.27 bits per heavy atom. The molecule has 0 aliphatic carbocycles. The number of fused-ring (bicyclic) bond motifs is 1. The smallest absolute Gasteiger partial charge is 0.109 e. The highest BCUT2D eigenvalue weighted by atomic mass is 79.9. The van der Waals surface area contributed by atoms with Gasteiger partial charge in [0.1, 0.15) is 4.60 Å². The van der Waals surface area contributed by atoms with Gasteiger partial charge in [-0.15, -0.1) is 0 Å². The Morgan fingerprint density at radius 1 is 1.45 bits per heavy atom. The van der Waals surface area contributed by atoms with Gasteiger partial charge in [0.15, 0.2) is 0 Å². The van der Waals surface area contributed by atoms with E-state index in [-0.39, 0.29) is 0 Å². The lowest BCUT2D eigenvalue weighted by atomic mass is 10.4. The summed E-state index contributed by atoms with van der Waals surface area (Å²) in [7, 11) is 0. The van der Waals surface area contributed by atoms with Crippen molar-refractivity contribution in [2.75, 3.05) is 0 Å². The molecule has 56 valence electrons. The van der Waals surface area contributed by atoms with Crippen molar-refractivity contribution in [3.8, 4) is 0 Å². The molecule has 0 unspecified atom stereocenters. The maximum absolute atomic E-state index is 5.81. The Balaban J connectivity index is 2.91. The predicted molar refractivity (Wildman–Crippen MR) is 47.9 cm³/mol. The van der Waals surface area contributed by atoms with E-state index in [4.69, 9.17) is 11.6 Å². The molecule has 2 nitrogen and oxygen atoms in total. The van der Waals surface area contributed by atoms with E-state index in [0.717, 1.165) is 10.1 Å². The van der Waals surface area contributed by atoms with E-state index in [2.05, 4.69) is 21.0 Å². The normalized spacial score (nSPS) is 10.7. The van der Waals surface area contributed by atoms with Crippen LogP contribution < -0.4 is 0 Å². The number of rotatable bonds is 0. The third-order valence-corrected chi connectivity index (χ3v) is 2.20. The van der Waals surface area contributed by atoms with Gasteiger partial charge in [-0.2, -0.15) is 5.10 Å². The molecule has 2 heterocycles. The molecule has 0 saturated carbocycles. The van der Waals surface area contributed by atoms with Crippen LogP contribution in [0, 0.1) is 0 Å². The second-order valence-electron chi connectivity index (χ2n) is 2.16. The predicted octanol–water partition coefficient (Wildman–Crippen LogP) is 2.75. The fourth-order valence-corrected chi connectivity index (χ4v) is 1.85. The van der Waals surface area contributed by atoms with Crippen molar-refractivity contribution in [2.45, 2.75) is 0 Å². The molecule has 0 bridgehead atoms. The van der Waals surface area contributed by atoms with Crippen LogP contribution in [0.25, 0.3) is 5.52 Å². The van der Waals surface area contributed by atoms with Crippen LogP contribution in [0.2, 0.25) is 5.02 Å². The first kappa shape index (κ1) is 7.13. The highest BCUT2D eigenvalue weighted by Gasteiger charge is 1.98. The molecule has 0 atom stereocenters. The van der Waals surface area contributed by atoms with Gasteiger partial charge in [-0.3, -0.25) is 0 Å². The number of halogens is 2. The van der Waals surface area contributed by atoms with E-state index in [1.807, 2.05) is 18.2 Å². The van der Waals surface area contributed by atoms with E-state index in [9.17, 15) is 0 Å². The highest BCUT2D eigenvalue weighted by Crippen LogP contribution is 2.19. The molecule has 0 saturated heterocycles. The standard InChI is InChI=1S/C7H4BrClN2/c8-7-4-5(9)3-6-1-2-10-11(6)7/h1-4H. The first-order valence-corrected chi connectivity index (χ1v) is 4.23. The van der Waals surface area contributed by atoms with Crippen LogP contribution >= 0.6 is 27.5 Å². The van der Waals surface area contributed by atoms with E-state index >= 15 is 0 Å². The summed E-state index contributed by atoms with van der Waals surface area (Å²) < 4.78 is 2.64. The second kappa shape index (κ2) is 2.50. The van der Waals surface area contributed by atoms with Gasteiger partial charge in [-0.25, -0.2) is 4.52 Å². The molecule has 0 aliphatic rings. The number of nitrogens with zero attached hydrogens (tertiary/aromatic N) is 2. The van der Waals surface area contributed by atoms with Crippen LogP contribution in [0.5, 0.6) is 0 Å². The molecule has 2 aromatic heterocycles. The summed E-state index contributed by atoms with van der Waals surface area (Å²) in [5.41, 5.74) is 0.990. The number of pyridine rings is 1. The van der Waals surface area contributed by atoms with E-state index in [0.29, 0.717) is 5.02 Å². The summed E-state index contributed by atoms with van der Waals surface area (Å²) in [5.74, 6) is 0. The SMILES string of the molecule is Clc1cc(Br)n2nccc2c1. The van der Waals surface area contributed by atoms with Crippen molar-refractivity contribution < 1.29 is 0 Å². The Kier molecular flexibility index (Phi) is 1.62. The van der Waals surface area contributed by atoms with Gasteiger partial charge < -0.3 is 0 Å². The zero-order valence-corrected chi connectivity index (χ0v) is 7.80. The summed E-state index contributed by atoms with van der Waals surface area (Å²) >= 11 is 9.15. The Morgan fingerprint density at radius 3 is 3.09 bits per heavy atom. The zero-order valence-electron chi connectivity index (χ0n) is 5.46. The third-order valence-electron chi connectivity index (χ3n) is 1.42. The summed E-state index contributed by atoms with van der Waals surface area (Å²) in [6, 6.07) is 5.57. The minimum atomic E-state index is 0.713. The molecule has 0 fully saturated rings. The lowest BCUT2D eigenvalue weighted by Crippen LogP contribution is -1.87. The Hall–Kier alpha value is -0.540. The van der Waals surface area contributed by atoms with Crippen molar-refractivity contribution in [3.63, 3.8) is 0 Å². The molecule has 0 aromatic carbocycles. The van der Waals surface area contributed by atoms with Gasteiger partial charge >= 0.3 is 0 Å². The first-order valence-electron chi connectivity index (χ1n) is 3.06. The van der Waals surface area contributed by atoms with Crippen molar-refractivity contribution >= 4 is 33.0 Å². The summed E-state index contributed by atoms with van der Waals surface area (Å²) in [4.78, 5) is 0. The van der Waals surface area contributed by atoms with Gasteiger partial charge in [-0.05, 0) is 34.1 Å². The number of hydrogen-bond acceptors (Lipinski definition) is 1. The molecular weight excluding hydrogens is 227 g/mol. The molecule has 0 spiro atoms. The number of hydrogen-bond donors (Lipinski definition) is 0. The molecular formula is C7H4BrClN2. The van der Waals surface area contributed by atoms with E-state index < -0.39 is 0 Å². The third kappa shape index (κ3) is 1.14. The monoisotopic (exact) mass is 230 g/mol. The van der Waals surface area contributed by atoms with Crippen molar-refractivity contribution in [2.24, 2.45) is 0 Å². The fourth-order valence-electron chi connectivity index (χ4n) is 0.959. The average Bonchev–Trinajstić information content (AvgIpc) is 2.34. The lowest BCUT2D eigenvalue weighted by molar-refractivity contribution is 0.935. The van der Waals surface area contributed by atoms with Crippen LogP contribution in [-0.2, 0) is 0 Å². The van der Waals surface area contributed by atoms with Crippen molar-refractivity contribution in [1.29, 1.82) is 0 Å². The molecule has 4 heteroatoms. The van der Waals surface area contributed by atoms with Gasteiger partial charge in [0.2, 0.25) is 0 Å². The first-order chi connectivity index (χ1) is 5.27. The maximum Gasteiger partial charge on any atom is 0.109 e. The van der Waals surface area contributed by atoms with Crippen LogP contribution in [0.15, 0.2) is 29.0 Å². The Labute approximate surface area is 76.9 Å². The quantitative estimate of drug-likeness (QED) is 0.637. The zero-order chi connectivity index (χ0) is 7.84. The largest absolute Gasteiger partial charge is 0.227 e. The summed E-state index contributed by atoms with van der Waals surface area (Å²) in [6.45, 7) is 0. The topological polar surface area (TPSA) is 17.3 Å². The number of aromatic nitrogens is 2. The van der Waals surface area contributed by atoms with Crippen LogP contribution in [-0.4, -0.2) is 9.61 Å². The van der Waals surface area contributed by atoms with Crippen molar-refractivity contribution in [3.05, 3.63) is 34.0 Å². The van der Waals surface area contributed by atoms with Crippen molar-refractivity contribution in [1.82, 2.24) is 9.61 Å². The summed E-state index contributed by atoms with van der Waals surface area (Å²) in [5, 5.41) is 4.78. The molecule has 0 amide bonds. The molecule has 0 aliphatic heterocycles. The highest BCUT2D eigenvalue weighted by molar-refractivity contribution is 9.10. The molecule has 2 aromatic rings. The summed E-state index contributed by atoms with van der Waals surface area (Å²) in [6.07, 6.45) is 1.73. The van der Waals surface area contributed by atoms with E-state index in [1.54, 1.807) is 10.7 Å². The van der Waals surface area contributed by atoms with Gasteiger partial charge in [-0.1, -0.05) is 11.6 Å². The second-order valence-corrected chi connectivity index (χ2v) is 3.41. The lowest BCUT2D eigenvalue weighted by Gasteiger charge is -1.96. The van der Waals surface area contributed by atoms with Crippen LogP contribution in [0.4, 0.5) is 0 Å². The van der Waals surface area contributed by atoms with Crippen LogP contribution in [0.1, 0.15) is 0 Å². The minimum absolute atomic E-state index is 0.713. The molecule has 2 rings (SSSR count). The molecule has 11 heavy (non-hydrogen) atoms. The Bertz CT molecular complexity index is 396.